The van der Waals surface area contributed by atoms with Crippen LogP contribution >= 0.6 is 0 Å². The van der Waals surface area contributed by atoms with E-state index in [9.17, 15) is 9.90 Å². The van der Waals surface area contributed by atoms with E-state index >= 15 is 0 Å². The zero-order chi connectivity index (χ0) is 25.2. The summed E-state index contributed by atoms with van der Waals surface area (Å²) in [6, 6.07) is 13.5. The molecule has 4 rings (SSSR count). The van der Waals surface area contributed by atoms with Gasteiger partial charge in [0.05, 0.1) is 6.61 Å². The molecule has 0 saturated carbocycles. The molecule has 2 aromatic rings. The highest BCUT2D eigenvalue weighted by molar-refractivity contribution is 5.91. The number of rotatable bonds is 7. The molecule has 0 aromatic heterocycles. The number of nitrogens with one attached hydrogen (secondary N) is 2. The number of aromatic hydroxyl groups is 1. The fourth-order valence-electron chi connectivity index (χ4n) is 5.08. The van der Waals surface area contributed by atoms with Gasteiger partial charge in [-0.05, 0) is 87.2 Å². The topological polar surface area (TPSA) is 70.6 Å². The van der Waals surface area contributed by atoms with E-state index in [1.54, 1.807) is 0 Å². The molecule has 5 heteroatoms. The smallest absolute Gasteiger partial charge is 0.224 e. The number of hydrogen-bond donors (Lipinski definition) is 3. The highest BCUT2D eigenvalue weighted by Crippen LogP contribution is 2.37. The third kappa shape index (κ3) is 7.31. The van der Waals surface area contributed by atoms with Crippen LogP contribution < -0.4 is 10.6 Å². The third-order valence-electron chi connectivity index (χ3n) is 7.24. The van der Waals surface area contributed by atoms with E-state index < -0.39 is 0 Å². The van der Waals surface area contributed by atoms with Crippen LogP contribution in [-0.2, 0) is 9.53 Å². The Hall–Kier alpha value is -2.89. The molecule has 2 aliphatic rings. The maximum atomic E-state index is 11.7. The largest absolute Gasteiger partial charge is 0.507 e. The maximum absolute atomic E-state index is 11.7. The number of allylic oxidation sites excluding steroid dienone is 3. The van der Waals surface area contributed by atoms with Crippen molar-refractivity contribution in [1.82, 2.24) is 5.32 Å². The summed E-state index contributed by atoms with van der Waals surface area (Å²) >= 11 is 0. The molecule has 1 saturated heterocycles. The minimum absolute atomic E-state index is 0.0145. The summed E-state index contributed by atoms with van der Waals surface area (Å²) < 4.78 is 5.98. The van der Waals surface area contributed by atoms with E-state index in [0.717, 1.165) is 72.8 Å². The van der Waals surface area contributed by atoms with Crippen molar-refractivity contribution in [3.63, 3.8) is 0 Å². The summed E-state index contributed by atoms with van der Waals surface area (Å²) in [5.41, 5.74) is 5.64. The lowest BCUT2D eigenvalue weighted by atomic mass is 9.91. The Morgan fingerprint density at radius 1 is 1.08 bits per heavy atom. The van der Waals surface area contributed by atoms with Crippen LogP contribution in [-0.4, -0.2) is 37.3 Å². The molecule has 2 aromatic carbocycles. The Bertz CT molecular complexity index is 1060. The zero-order valence-electron chi connectivity index (χ0n) is 21.5. The predicted octanol–water partition coefficient (Wildman–Crippen LogP) is 6.70. The number of phenolic OH excluding ortho intramolecular Hbond substituents is 1. The van der Waals surface area contributed by atoms with Crippen molar-refractivity contribution >= 4 is 17.2 Å². The first kappa shape index (κ1) is 26.2. The third-order valence-corrected chi connectivity index (χ3v) is 7.24. The summed E-state index contributed by atoms with van der Waals surface area (Å²) in [4.78, 5) is 11.7. The van der Waals surface area contributed by atoms with Crippen molar-refractivity contribution in [2.45, 2.75) is 58.3 Å². The maximum Gasteiger partial charge on any atom is 0.224 e. The number of carbonyl (C=O) groups excluding carboxylic acids is 1. The van der Waals surface area contributed by atoms with Gasteiger partial charge in [0.15, 0.2) is 0 Å². The highest BCUT2D eigenvalue weighted by Gasteiger charge is 2.16. The molecular weight excluding hydrogens is 448 g/mol. The van der Waals surface area contributed by atoms with Gasteiger partial charge in [0.2, 0.25) is 5.91 Å². The molecular formula is C31H40N2O3. The second-order valence-corrected chi connectivity index (χ2v) is 9.91. The van der Waals surface area contributed by atoms with E-state index in [0.29, 0.717) is 13.0 Å². The van der Waals surface area contributed by atoms with Crippen LogP contribution in [0.15, 0.2) is 60.2 Å². The average molecular weight is 489 g/mol. The van der Waals surface area contributed by atoms with Crippen LogP contribution in [0, 0.1) is 5.92 Å². The second-order valence-electron chi connectivity index (χ2n) is 9.91. The van der Waals surface area contributed by atoms with Gasteiger partial charge in [-0.15, -0.1) is 0 Å². The van der Waals surface area contributed by atoms with Gasteiger partial charge in [-0.1, -0.05) is 55.0 Å². The van der Waals surface area contributed by atoms with Crippen LogP contribution in [0.2, 0.25) is 0 Å². The Labute approximate surface area is 215 Å². The Balaban J connectivity index is 1.56. The zero-order valence-corrected chi connectivity index (χ0v) is 21.5. The minimum Gasteiger partial charge on any atom is -0.507 e. The molecule has 0 bridgehead atoms. The van der Waals surface area contributed by atoms with Crippen molar-refractivity contribution in [3.8, 4) is 16.9 Å². The van der Waals surface area contributed by atoms with Crippen molar-refractivity contribution < 1.29 is 14.6 Å². The minimum atomic E-state index is -0.0145. The summed E-state index contributed by atoms with van der Waals surface area (Å²) in [6.45, 7) is 5.32. The standard InChI is InChI=1S/C31H40N2O3/c1-2-30(34)33-27-15-13-25(14-16-27)28-9-5-10-29(31(28)35)26-21-24(7-3-4-20-36-22-26)12-11-23-8-6-18-32-19-17-23/h5,7,9-10,13-16,21,23,32,35H,2-4,6,8,11-12,17-20,22H2,1H3,(H,33,34)/b24-7+,26-21+. The number of phenols is 1. The van der Waals surface area contributed by atoms with Crippen LogP contribution in [0.5, 0.6) is 5.75 Å². The molecule has 1 unspecified atom stereocenters. The molecule has 1 atom stereocenters. The van der Waals surface area contributed by atoms with E-state index in [2.05, 4.69) is 22.8 Å². The van der Waals surface area contributed by atoms with Crippen molar-refractivity contribution in [2.24, 2.45) is 5.92 Å². The number of para-hydroxylation sites is 1. The van der Waals surface area contributed by atoms with Crippen LogP contribution in [0.3, 0.4) is 0 Å². The lowest BCUT2D eigenvalue weighted by molar-refractivity contribution is -0.115. The van der Waals surface area contributed by atoms with Gasteiger partial charge in [0.1, 0.15) is 5.75 Å². The Morgan fingerprint density at radius 3 is 2.75 bits per heavy atom. The number of hydrogen-bond acceptors (Lipinski definition) is 4. The van der Waals surface area contributed by atoms with Crippen molar-refractivity contribution in [2.75, 3.05) is 31.6 Å². The lowest BCUT2D eigenvalue weighted by Gasteiger charge is -2.16. The molecule has 1 fully saturated rings. The van der Waals surface area contributed by atoms with Gasteiger partial charge in [0.25, 0.3) is 0 Å². The van der Waals surface area contributed by atoms with Crippen molar-refractivity contribution in [1.29, 1.82) is 0 Å². The Morgan fingerprint density at radius 2 is 1.92 bits per heavy atom. The van der Waals surface area contributed by atoms with Gasteiger partial charge < -0.3 is 20.5 Å². The average Bonchev–Trinajstić information content (AvgIpc) is 3.10. The monoisotopic (exact) mass is 488 g/mol. The first-order chi connectivity index (χ1) is 17.6. The molecule has 0 radical (unpaired) electrons. The number of benzene rings is 2. The van der Waals surface area contributed by atoms with Gasteiger partial charge in [-0.2, -0.15) is 0 Å². The Kier molecular flexibility index (Phi) is 9.76. The van der Waals surface area contributed by atoms with Crippen LogP contribution in [0.4, 0.5) is 5.69 Å². The van der Waals surface area contributed by atoms with E-state index in [1.165, 1.54) is 31.3 Å². The molecule has 2 heterocycles. The molecule has 36 heavy (non-hydrogen) atoms. The molecule has 5 nitrogen and oxygen atoms in total. The number of ether oxygens (including phenoxy) is 1. The first-order valence-electron chi connectivity index (χ1n) is 13.5. The number of carbonyl (C=O) groups is 1. The lowest BCUT2D eigenvalue weighted by Crippen LogP contribution is -2.14. The molecule has 2 aliphatic heterocycles. The second kappa shape index (κ2) is 13.4. The highest BCUT2D eigenvalue weighted by atomic mass is 16.5. The summed E-state index contributed by atoms with van der Waals surface area (Å²) in [5.74, 6) is 1.04. The fraction of sp³-hybridized carbons (Fsp3) is 0.452. The van der Waals surface area contributed by atoms with Crippen LogP contribution in [0.1, 0.15) is 63.9 Å². The van der Waals surface area contributed by atoms with Crippen molar-refractivity contribution in [3.05, 3.63) is 65.8 Å². The summed E-state index contributed by atoms with van der Waals surface area (Å²) in [5, 5.41) is 17.7. The normalized spacial score (nSPS) is 22.1. The van der Waals surface area contributed by atoms with E-state index in [1.807, 2.05) is 49.4 Å². The molecule has 3 N–H and O–H groups in total. The van der Waals surface area contributed by atoms with Gasteiger partial charge >= 0.3 is 0 Å². The van der Waals surface area contributed by atoms with E-state index in [4.69, 9.17) is 4.74 Å². The molecule has 0 aliphatic carbocycles. The fourth-order valence-corrected chi connectivity index (χ4v) is 5.08. The molecule has 0 spiro atoms. The predicted molar refractivity (Wildman–Crippen MR) is 148 cm³/mol. The van der Waals surface area contributed by atoms with Gasteiger partial charge in [-0.25, -0.2) is 0 Å². The quantitative estimate of drug-likeness (QED) is 0.406. The van der Waals surface area contributed by atoms with Gasteiger partial charge in [-0.3, -0.25) is 4.79 Å². The molecule has 1 amide bonds. The summed E-state index contributed by atoms with van der Waals surface area (Å²) in [7, 11) is 0. The number of amides is 1. The SMILES string of the molecule is CCC(=O)Nc1ccc(-c2cccc(/C3=C/C(CCC4CCCNCC4)=C/CCCOC3)c2O)cc1. The van der Waals surface area contributed by atoms with Gasteiger partial charge in [0, 0.05) is 29.8 Å². The molecule has 192 valence electrons. The van der Waals surface area contributed by atoms with Crippen LogP contribution in [0.25, 0.3) is 16.7 Å². The summed E-state index contributed by atoms with van der Waals surface area (Å²) in [6.07, 6.45) is 13.2. The van der Waals surface area contributed by atoms with E-state index in [-0.39, 0.29) is 11.7 Å². The number of anilines is 1. The first-order valence-corrected chi connectivity index (χ1v) is 13.5.